The third-order valence-corrected chi connectivity index (χ3v) is 4.67. The summed E-state index contributed by atoms with van der Waals surface area (Å²) >= 11 is 0. The van der Waals surface area contributed by atoms with E-state index in [1.807, 2.05) is 6.92 Å². The normalized spacial score (nSPS) is 12.9. The van der Waals surface area contributed by atoms with Gasteiger partial charge in [-0.1, -0.05) is 0 Å². The number of H-pyrrole nitrogens is 1. The van der Waals surface area contributed by atoms with Gasteiger partial charge in [0.1, 0.15) is 15.7 Å². The molecule has 27 heavy (non-hydrogen) atoms. The summed E-state index contributed by atoms with van der Waals surface area (Å²) in [5, 5.41) is 10.4. The molecule has 0 aliphatic heterocycles. The number of benzene rings is 1. The van der Waals surface area contributed by atoms with Gasteiger partial charge in [0.2, 0.25) is 0 Å². The molecular formula is C16H17F2N5O3S. The van der Waals surface area contributed by atoms with Crippen LogP contribution in [-0.2, 0) is 9.84 Å². The number of sulfone groups is 1. The minimum atomic E-state index is -3.05. The van der Waals surface area contributed by atoms with Gasteiger partial charge in [-0.05, 0) is 25.5 Å². The Morgan fingerprint density at radius 3 is 2.81 bits per heavy atom. The molecule has 144 valence electrons. The average Bonchev–Trinajstić information content (AvgIpc) is 2.97. The lowest BCUT2D eigenvalue weighted by Gasteiger charge is -2.12. The van der Waals surface area contributed by atoms with E-state index >= 15 is 0 Å². The molecule has 0 bridgehead atoms. The second-order valence-corrected chi connectivity index (χ2v) is 8.39. The lowest BCUT2D eigenvalue weighted by Crippen LogP contribution is -2.19. The van der Waals surface area contributed by atoms with Crippen LogP contribution >= 0.6 is 0 Å². The Kier molecular flexibility index (Phi) is 5.22. The third kappa shape index (κ3) is 4.88. The van der Waals surface area contributed by atoms with Gasteiger partial charge < -0.3 is 10.1 Å². The number of anilines is 1. The Morgan fingerprint density at radius 1 is 1.33 bits per heavy atom. The molecule has 1 aromatic carbocycles. The van der Waals surface area contributed by atoms with E-state index in [1.165, 1.54) is 12.5 Å². The molecule has 2 aromatic heterocycles. The van der Waals surface area contributed by atoms with Crippen LogP contribution in [0.2, 0.25) is 0 Å². The molecule has 0 fully saturated rings. The Hall–Kier alpha value is -2.82. The molecule has 0 aliphatic rings. The van der Waals surface area contributed by atoms with E-state index in [2.05, 4.69) is 25.5 Å². The minimum Gasteiger partial charge on any atom is -0.421 e. The summed E-state index contributed by atoms with van der Waals surface area (Å²) in [6.07, 6.45) is 3.04. The van der Waals surface area contributed by atoms with Crippen molar-refractivity contribution in [2.45, 2.75) is 19.4 Å². The molecule has 2 N–H and O–H groups in total. The van der Waals surface area contributed by atoms with Crippen LogP contribution in [0.15, 0.2) is 24.4 Å². The van der Waals surface area contributed by atoms with Gasteiger partial charge in [-0.2, -0.15) is 10.1 Å². The van der Waals surface area contributed by atoms with Gasteiger partial charge in [0.05, 0.1) is 11.1 Å². The molecule has 8 nitrogen and oxygen atoms in total. The first kappa shape index (κ1) is 19.0. The molecule has 3 aromatic rings. The lowest BCUT2D eigenvalue weighted by atomic mass is 10.2. The molecule has 2 heterocycles. The van der Waals surface area contributed by atoms with Gasteiger partial charge in [0, 0.05) is 24.6 Å². The number of hydrogen-bond donors (Lipinski definition) is 2. The van der Waals surface area contributed by atoms with E-state index in [4.69, 9.17) is 4.74 Å². The SMILES string of the molecule is CC(CCS(C)(=O)=O)Nc1n[nH]c2nc(Oc3ccc(F)cc3F)ncc12. The Morgan fingerprint density at radius 2 is 2.11 bits per heavy atom. The zero-order chi connectivity index (χ0) is 19.6. The van der Waals surface area contributed by atoms with Gasteiger partial charge in [-0.25, -0.2) is 22.2 Å². The molecule has 11 heteroatoms. The third-order valence-electron chi connectivity index (χ3n) is 3.70. The molecule has 1 atom stereocenters. The van der Waals surface area contributed by atoms with Crippen molar-refractivity contribution in [2.75, 3.05) is 17.3 Å². The summed E-state index contributed by atoms with van der Waals surface area (Å²) in [7, 11) is -3.05. The van der Waals surface area contributed by atoms with Gasteiger partial charge >= 0.3 is 6.01 Å². The quantitative estimate of drug-likeness (QED) is 0.631. The van der Waals surface area contributed by atoms with Crippen LogP contribution in [0.25, 0.3) is 11.0 Å². The van der Waals surface area contributed by atoms with Crippen molar-refractivity contribution in [3.63, 3.8) is 0 Å². The summed E-state index contributed by atoms with van der Waals surface area (Å²) < 4.78 is 54.3. The molecule has 1 unspecified atom stereocenters. The Labute approximate surface area is 153 Å². The molecule has 0 radical (unpaired) electrons. The number of ether oxygens (including phenoxy) is 1. The average molecular weight is 397 g/mol. The van der Waals surface area contributed by atoms with Crippen LogP contribution in [-0.4, -0.2) is 46.6 Å². The first-order valence-corrected chi connectivity index (χ1v) is 10.1. The van der Waals surface area contributed by atoms with Crippen molar-refractivity contribution in [1.29, 1.82) is 0 Å². The summed E-state index contributed by atoms with van der Waals surface area (Å²) in [6, 6.07) is 2.63. The van der Waals surface area contributed by atoms with E-state index in [9.17, 15) is 17.2 Å². The minimum absolute atomic E-state index is 0.0568. The summed E-state index contributed by atoms with van der Waals surface area (Å²) in [5.41, 5.74) is 0.348. The van der Waals surface area contributed by atoms with Crippen LogP contribution < -0.4 is 10.1 Å². The molecule has 0 spiro atoms. The van der Waals surface area contributed by atoms with Crippen molar-refractivity contribution in [1.82, 2.24) is 20.2 Å². The number of nitrogens with one attached hydrogen (secondary N) is 2. The zero-order valence-electron chi connectivity index (χ0n) is 14.5. The van der Waals surface area contributed by atoms with Crippen molar-refractivity contribution < 1.29 is 21.9 Å². The van der Waals surface area contributed by atoms with Crippen LogP contribution in [0, 0.1) is 11.6 Å². The number of aromatic nitrogens is 4. The van der Waals surface area contributed by atoms with E-state index in [-0.39, 0.29) is 23.6 Å². The predicted octanol–water partition coefficient (Wildman–Crippen LogP) is 2.66. The second kappa shape index (κ2) is 7.43. The largest absolute Gasteiger partial charge is 0.421 e. The lowest BCUT2D eigenvalue weighted by molar-refractivity contribution is 0.409. The number of nitrogens with zero attached hydrogens (tertiary/aromatic N) is 3. The maximum absolute atomic E-state index is 13.7. The number of fused-ring (bicyclic) bond motifs is 1. The van der Waals surface area contributed by atoms with Crippen LogP contribution in [0.5, 0.6) is 11.8 Å². The first-order valence-electron chi connectivity index (χ1n) is 7.99. The van der Waals surface area contributed by atoms with Crippen LogP contribution in [0.4, 0.5) is 14.6 Å². The fourth-order valence-electron chi connectivity index (χ4n) is 2.31. The molecule has 3 rings (SSSR count). The maximum Gasteiger partial charge on any atom is 0.324 e. The van der Waals surface area contributed by atoms with Gasteiger partial charge in [0.15, 0.2) is 23.0 Å². The monoisotopic (exact) mass is 397 g/mol. The van der Waals surface area contributed by atoms with Gasteiger partial charge in [0.25, 0.3) is 0 Å². The van der Waals surface area contributed by atoms with Gasteiger partial charge in [-0.15, -0.1) is 0 Å². The fourth-order valence-corrected chi connectivity index (χ4v) is 3.09. The van der Waals surface area contributed by atoms with Crippen molar-refractivity contribution in [3.05, 3.63) is 36.0 Å². The van der Waals surface area contributed by atoms with Gasteiger partial charge in [-0.3, -0.25) is 5.10 Å². The standard InChI is InChI=1S/C16H17F2N5O3S/c1-9(5-6-27(2,24)25)20-14-11-8-19-16(21-15(11)23-22-14)26-13-4-3-10(17)7-12(13)18/h3-4,7-9H,5-6H2,1-2H3,(H2,19,20,21,22,23). The highest BCUT2D eigenvalue weighted by Crippen LogP contribution is 2.25. The molecular weight excluding hydrogens is 380 g/mol. The van der Waals surface area contributed by atoms with E-state index in [0.717, 1.165) is 12.1 Å². The van der Waals surface area contributed by atoms with E-state index in [0.29, 0.717) is 29.3 Å². The van der Waals surface area contributed by atoms with E-state index < -0.39 is 21.5 Å². The molecule has 0 saturated carbocycles. The smallest absolute Gasteiger partial charge is 0.324 e. The van der Waals surface area contributed by atoms with Crippen molar-refractivity contribution in [2.24, 2.45) is 0 Å². The predicted molar refractivity (Wildman–Crippen MR) is 95.5 cm³/mol. The maximum atomic E-state index is 13.7. The Bertz CT molecular complexity index is 1070. The topological polar surface area (TPSA) is 110 Å². The van der Waals surface area contributed by atoms with Crippen molar-refractivity contribution >= 4 is 26.7 Å². The zero-order valence-corrected chi connectivity index (χ0v) is 15.3. The second-order valence-electron chi connectivity index (χ2n) is 6.13. The first-order chi connectivity index (χ1) is 12.7. The van der Waals surface area contributed by atoms with Crippen LogP contribution in [0.3, 0.4) is 0 Å². The molecule has 0 aliphatic carbocycles. The number of aromatic amines is 1. The highest BCUT2D eigenvalue weighted by atomic mass is 32.2. The highest BCUT2D eigenvalue weighted by Gasteiger charge is 2.14. The van der Waals surface area contributed by atoms with Crippen LogP contribution in [0.1, 0.15) is 13.3 Å². The number of hydrogen-bond acceptors (Lipinski definition) is 7. The molecule has 0 saturated heterocycles. The fraction of sp³-hybridized carbons (Fsp3) is 0.312. The summed E-state index contributed by atoms with van der Waals surface area (Å²) in [6.45, 7) is 1.83. The number of halogens is 2. The highest BCUT2D eigenvalue weighted by molar-refractivity contribution is 7.90. The molecule has 0 amide bonds. The van der Waals surface area contributed by atoms with Crippen molar-refractivity contribution in [3.8, 4) is 11.8 Å². The number of rotatable bonds is 7. The summed E-state index contributed by atoms with van der Waals surface area (Å²) in [4.78, 5) is 8.10. The van der Waals surface area contributed by atoms with E-state index in [1.54, 1.807) is 0 Å². The Balaban J connectivity index is 1.74. The summed E-state index contributed by atoms with van der Waals surface area (Å²) in [5.74, 6) is -1.27.